The van der Waals surface area contributed by atoms with E-state index in [0.29, 0.717) is 5.92 Å². The van der Waals surface area contributed by atoms with Gasteiger partial charge in [0.2, 0.25) is 0 Å². The molecule has 0 aromatic heterocycles. The molecule has 1 N–H and O–H groups in total. The number of azide groups is 1. The van der Waals surface area contributed by atoms with Crippen molar-refractivity contribution < 1.29 is 5.11 Å². The Bertz CT molecular complexity index is 226. The van der Waals surface area contributed by atoms with Gasteiger partial charge in [0, 0.05) is 11.0 Å². The fourth-order valence-corrected chi connectivity index (χ4v) is 2.37. The van der Waals surface area contributed by atoms with E-state index in [4.69, 9.17) is 5.53 Å². The van der Waals surface area contributed by atoms with E-state index < -0.39 is 0 Å². The molecule has 1 aliphatic carbocycles. The number of hydrogen-bond acceptors (Lipinski definition) is 2. The van der Waals surface area contributed by atoms with Gasteiger partial charge in [0.1, 0.15) is 0 Å². The Hall–Kier alpha value is -0.730. The summed E-state index contributed by atoms with van der Waals surface area (Å²) >= 11 is 0. The first-order valence-electron chi connectivity index (χ1n) is 6.00. The molecule has 0 aliphatic heterocycles. The van der Waals surface area contributed by atoms with Crippen molar-refractivity contribution in [3.8, 4) is 0 Å². The van der Waals surface area contributed by atoms with Crippen LogP contribution in [0.5, 0.6) is 0 Å². The Morgan fingerprint density at radius 1 is 1.40 bits per heavy atom. The summed E-state index contributed by atoms with van der Waals surface area (Å²) in [6.07, 6.45) is 7.03. The van der Waals surface area contributed by atoms with Crippen molar-refractivity contribution in [2.75, 3.05) is 0 Å². The third-order valence-corrected chi connectivity index (χ3v) is 3.36. The topological polar surface area (TPSA) is 69.0 Å². The van der Waals surface area contributed by atoms with Crippen LogP contribution in [0.2, 0.25) is 0 Å². The molecule has 4 heteroatoms. The van der Waals surface area contributed by atoms with Crippen molar-refractivity contribution in [3.05, 3.63) is 10.4 Å². The van der Waals surface area contributed by atoms with Crippen LogP contribution in [0, 0.1) is 5.92 Å². The second-order valence-electron chi connectivity index (χ2n) is 4.47. The first-order valence-corrected chi connectivity index (χ1v) is 6.00. The molecule has 86 valence electrons. The molecule has 0 unspecified atom stereocenters. The summed E-state index contributed by atoms with van der Waals surface area (Å²) in [6, 6.07) is 0.110. The van der Waals surface area contributed by atoms with Gasteiger partial charge in [-0.05, 0) is 37.1 Å². The fourth-order valence-electron chi connectivity index (χ4n) is 2.37. The van der Waals surface area contributed by atoms with Crippen LogP contribution in [0.1, 0.15) is 51.9 Å². The van der Waals surface area contributed by atoms with E-state index in [0.717, 1.165) is 32.1 Å². The molecule has 3 atom stereocenters. The van der Waals surface area contributed by atoms with Gasteiger partial charge in [0.05, 0.1) is 6.10 Å². The van der Waals surface area contributed by atoms with Crippen molar-refractivity contribution in [3.63, 3.8) is 0 Å². The van der Waals surface area contributed by atoms with Gasteiger partial charge < -0.3 is 5.11 Å². The number of aliphatic hydroxyl groups is 1. The maximum atomic E-state index is 9.65. The van der Waals surface area contributed by atoms with Crippen LogP contribution in [0.25, 0.3) is 10.4 Å². The maximum absolute atomic E-state index is 9.65. The van der Waals surface area contributed by atoms with Crippen molar-refractivity contribution in [2.45, 2.75) is 64.0 Å². The number of aliphatic hydroxyl groups excluding tert-OH is 1. The normalized spacial score (nSPS) is 28.9. The molecule has 15 heavy (non-hydrogen) atoms. The summed E-state index contributed by atoms with van der Waals surface area (Å²) in [6.45, 7) is 1.99. The lowest BCUT2D eigenvalue weighted by Gasteiger charge is -2.23. The van der Waals surface area contributed by atoms with E-state index in [9.17, 15) is 5.11 Å². The molecule has 1 saturated carbocycles. The molecule has 0 aromatic carbocycles. The van der Waals surface area contributed by atoms with Gasteiger partial charge in [-0.1, -0.05) is 31.3 Å². The lowest BCUT2D eigenvalue weighted by atomic mass is 9.89. The van der Waals surface area contributed by atoms with Crippen LogP contribution in [-0.4, -0.2) is 17.3 Å². The summed E-state index contributed by atoms with van der Waals surface area (Å²) in [7, 11) is 0. The molecule has 0 saturated heterocycles. The largest absolute Gasteiger partial charge is 0.393 e. The van der Waals surface area contributed by atoms with Gasteiger partial charge >= 0.3 is 0 Å². The van der Waals surface area contributed by atoms with Gasteiger partial charge in [0.15, 0.2) is 0 Å². The monoisotopic (exact) mass is 211 g/mol. The van der Waals surface area contributed by atoms with Gasteiger partial charge in [-0.15, -0.1) is 0 Å². The van der Waals surface area contributed by atoms with Gasteiger partial charge in [-0.2, -0.15) is 0 Å². The molecular formula is C11H21N3O. The average Bonchev–Trinajstić information content (AvgIpc) is 2.45. The Balaban J connectivity index is 2.57. The highest BCUT2D eigenvalue weighted by Gasteiger charge is 2.24. The van der Waals surface area contributed by atoms with E-state index in [1.54, 1.807) is 0 Å². The second kappa shape index (κ2) is 6.70. The molecule has 0 spiro atoms. The Morgan fingerprint density at radius 2 is 2.13 bits per heavy atom. The van der Waals surface area contributed by atoms with Crippen molar-refractivity contribution >= 4 is 0 Å². The minimum Gasteiger partial charge on any atom is -0.393 e. The summed E-state index contributed by atoms with van der Waals surface area (Å²) in [5.74, 6) is 0.387. The van der Waals surface area contributed by atoms with E-state index in [-0.39, 0.29) is 12.1 Å². The van der Waals surface area contributed by atoms with E-state index >= 15 is 0 Å². The molecule has 0 radical (unpaired) electrons. The average molecular weight is 211 g/mol. The zero-order valence-corrected chi connectivity index (χ0v) is 9.47. The zero-order chi connectivity index (χ0) is 11.1. The van der Waals surface area contributed by atoms with Gasteiger partial charge in [0.25, 0.3) is 0 Å². The first kappa shape index (κ1) is 12.3. The Morgan fingerprint density at radius 3 is 2.80 bits per heavy atom. The zero-order valence-electron chi connectivity index (χ0n) is 9.47. The number of hydrogen-bond donors (Lipinski definition) is 1. The lowest BCUT2D eigenvalue weighted by molar-refractivity contribution is 0.128. The number of rotatable bonds is 4. The summed E-state index contributed by atoms with van der Waals surface area (Å²) < 4.78 is 0. The third kappa shape index (κ3) is 4.10. The van der Waals surface area contributed by atoms with Crippen LogP contribution in [-0.2, 0) is 0 Å². The highest BCUT2D eigenvalue weighted by Crippen LogP contribution is 2.29. The molecule has 0 heterocycles. The Labute approximate surface area is 91.3 Å². The molecular weight excluding hydrogens is 190 g/mol. The van der Waals surface area contributed by atoms with Crippen molar-refractivity contribution in [1.82, 2.24) is 0 Å². The van der Waals surface area contributed by atoms with E-state index in [1.807, 2.05) is 6.92 Å². The molecule has 0 aromatic rings. The summed E-state index contributed by atoms with van der Waals surface area (Å²) in [5, 5.41) is 13.5. The first-order chi connectivity index (χ1) is 7.27. The van der Waals surface area contributed by atoms with Crippen LogP contribution < -0.4 is 0 Å². The van der Waals surface area contributed by atoms with Crippen molar-refractivity contribution in [2.24, 2.45) is 11.0 Å². The quantitative estimate of drug-likeness (QED) is 0.329. The fraction of sp³-hybridized carbons (Fsp3) is 1.00. The summed E-state index contributed by atoms with van der Waals surface area (Å²) in [5.41, 5.74) is 8.52. The van der Waals surface area contributed by atoms with E-state index in [2.05, 4.69) is 10.0 Å². The predicted octanol–water partition coefficient (Wildman–Crippen LogP) is 3.41. The van der Waals surface area contributed by atoms with Crippen LogP contribution in [0.3, 0.4) is 0 Å². The molecule has 1 aliphatic rings. The second-order valence-corrected chi connectivity index (χ2v) is 4.47. The van der Waals surface area contributed by atoms with Crippen LogP contribution in [0.4, 0.5) is 0 Å². The smallest absolute Gasteiger partial charge is 0.0540 e. The van der Waals surface area contributed by atoms with Gasteiger partial charge in [-0.3, -0.25) is 0 Å². The number of nitrogens with zero attached hydrogens (tertiary/aromatic N) is 3. The third-order valence-electron chi connectivity index (χ3n) is 3.36. The molecule has 1 rings (SSSR count). The molecule has 0 amide bonds. The molecule has 4 nitrogen and oxygen atoms in total. The highest BCUT2D eigenvalue weighted by molar-refractivity contribution is 4.81. The highest BCUT2D eigenvalue weighted by atomic mass is 16.3. The minimum atomic E-state index is -0.232. The van der Waals surface area contributed by atoms with Crippen LogP contribution in [0.15, 0.2) is 5.11 Å². The maximum Gasteiger partial charge on any atom is 0.0540 e. The van der Waals surface area contributed by atoms with Crippen molar-refractivity contribution in [1.29, 1.82) is 0 Å². The molecule has 1 fully saturated rings. The predicted molar refractivity (Wildman–Crippen MR) is 60.4 cm³/mol. The SMILES string of the molecule is CC[C@H](O)C[C@@H]1CCCCC[C@H]1N=[N+]=[N-]. The summed E-state index contributed by atoms with van der Waals surface area (Å²) in [4.78, 5) is 2.93. The van der Waals surface area contributed by atoms with Gasteiger partial charge in [-0.25, -0.2) is 0 Å². The lowest BCUT2D eigenvalue weighted by Crippen LogP contribution is -2.22. The Kier molecular flexibility index (Phi) is 5.51. The van der Waals surface area contributed by atoms with E-state index in [1.165, 1.54) is 12.8 Å². The standard InChI is InChI=1S/C11H21N3O/c1-2-10(15)8-9-6-4-3-5-7-11(9)13-14-12/h9-11,15H,2-8H2,1H3/t9-,10-,11+/m0/s1. The minimum absolute atomic E-state index is 0.110. The molecule has 0 bridgehead atoms. The van der Waals surface area contributed by atoms with Crippen LogP contribution >= 0.6 is 0 Å².